The Morgan fingerprint density at radius 2 is 1.83 bits per heavy atom. The number of benzene rings is 1. The Bertz CT molecular complexity index is 1420. The molecule has 1 fully saturated rings. The van der Waals surface area contributed by atoms with E-state index < -0.39 is 11.6 Å². The minimum absolute atomic E-state index is 0.186. The van der Waals surface area contributed by atoms with Crippen LogP contribution in [0.4, 0.5) is 8.78 Å². The maximum Gasteiger partial charge on any atom is 0.334 e. The van der Waals surface area contributed by atoms with Crippen LogP contribution in [0.5, 0.6) is 0 Å². The van der Waals surface area contributed by atoms with Gasteiger partial charge in [0.1, 0.15) is 18.7 Å². The summed E-state index contributed by atoms with van der Waals surface area (Å²) in [6.45, 7) is 4.38. The van der Waals surface area contributed by atoms with Crippen LogP contribution in [0.1, 0.15) is 69.4 Å². The standard InChI is InChI=1S/C28H31F2N6/c1-4-27-13-12-20(35-14-8-6-11-24(35)26-31-32-33-34(26)3)18-28(27,5-2)36-15-9-7-10-23(36)25-21(27)16-19(29)17-22(25)30/h6-11,14-17,20,26H,4-5,12-13,18H2,1-3H3/q+3. The fourth-order valence-electron chi connectivity index (χ4n) is 7.40. The average Bonchev–Trinajstić information content (AvgIpc) is 3.33. The summed E-state index contributed by atoms with van der Waals surface area (Å²) in [5.41, 5.74) is 2.49. The lowest BCUT2D eigenvalue weighted by Crippen LogP contribution is -2.73. The van der Waals surface area contributed by atoms with Crippen LogP contribution in [-0.4, -0.2) is 11.7 Å². The molecule has 0 amide bonds. The largest absolute Gasteiger partial charge is 0.334 e. The number of halogens is 2. The second-order valence-corrected chi connectivity index (χ2v) is 10.3. The molecule has 4 heterocycles. The van der Waals surface area contributed by atoms with Gasteiger partial charge in [0.15, 0.2) is 29.2 Å². The second kappa shape index (κ2) is 8.32. The first-order valence-corrected chi connectivity index (χ1v) is 12.8. The van der Waals surface area contributed by atoms with Crippen molar-refractivity contribution in [2.75, 3.05) is 7.05 Å². The molecule has 2 aliphatic heterocycles. The first-order valence-electron chi connectivity index (χ1n) is 12.8. The van der Waals surface area contributed by atoms with Crippen LogP contribution in [0.25, 0.3) is 11.3 Å². The fourth-order valence-corrected chi connectivity index (χ4v) is 7.40. The zero-order valence-corrected chi connectivity index (χ0v) is 20.9. The van der Waals surface area contributed by atoms with Gasteiger partial charge < -0.3 is 0 Å². The van der Waals surface area contributed by atoms with Gasteiger partial charge in [0, 0.05) is 48.3 Å². The molecular formula is C28H31F2N6+3. The SMILES string of the molecule is CCC12CCC([n+]3ccccc3C3N=NN=[N+]3C)CC1(CC)[n+]1ccccc1-c1c(F)cc(F)cc12. The first kappa shape index (κ1) is 23.0. The lowest BCUT2D eigenvalue weighted by molar-refractivity contribution is -0.802. The van der Waals surface area contributed by atoms with Crippen molar-refractivity contribution in [1.82, 2.24) is 0 Å². The third kappa shape index (κ3) is 2.99. The molecule has 0 spiro atoms. The molecule has 3 aliphatic rings. The van der Waals surface area contributed by atoms with Gasteiger partial charge in [-0.05, 0) is 36.6 Å². The predicted molar refractivity (Wildman–Crippen MR) is 128 cm³/mol. The molecule has 8 heteroatoms. The number of hydrogen-bond acceptors (Lipinski definition) is 3. The van der Waals surface area contributed by atoms with Crippen molar-refractivity contribution in [2.24, 2.45) is 15.6 Å². The zero-order valence-electron chi connectivity index (χ0n) is 20.9. The van der Waals surface area contributed by atoms with E-state index in [-0.39, 0.29) is 23.2 Å². The van der Waals surface area contributed by atoms with Crippen LogP contribution in [0.3, 0.4) is 0 Å². The average molecular weight is 490 g/mol. The summed E-state index contributed by atoms with van der Waals surface area (Å²) >= 11 is 0. The van der Waals surface area contributed by atoms with Gasteiger partial charge in [-0.15, -0.1) is 4.70 Å². The van der Waals surface area contributed by atoms with Crippen LogP contribution in [0.2, 0.25) is 0 Å². The van der Waals surface area contributed by atoms with Crippen LogP contribution in [0, 0.1) is 11.6 Å². The lowest BCUT2D eigenvalue weighted by atomic mass is 9.52. The lowest BCUT2D eigenvalue weighted by Gasteiger charge is -2.53. The highest BCUT2D eigenvalue weighted by atomic mass is 19.1. The molecule has 0 bridgehead atoms. The molecule has 4 unspecified atom stereocenters. The monoisotopic (exact) mass is 489 g/mol. The number of hydrogen-bond donors (Lipinski definition) is 0. The number of pyridine rings is 2. The van der Waals surface area contributed by atoms with Gasteiger partial charge in [-0.3, -0.25) is 0 Å². The minimum Gasteiger partial charge on any atom is -0.207 e. The van der Waals surface area contributed by atoms with E-state index in [0.717, 1.165) is 55.1 Å². The van der Waals surface area contributed by atoms with Crippen LogP contribution >= 0.6 is 0 Å². The maximum atomic E-state index is 15.4. The topological polar surface area (TPSA) is 47.8 Å². The highest BCUT2D eigenvalue weighted by molar-refractivity contribution is 5.66. The molecule has 1 saturated carbocycles. The highest BCUT2D eigenvalue weighted by Gasteiger charge is 2.66. The molecule has 0 N–H and O–H groups in total. The van der Waals surface area contributed by atoms with Gasteiger partial charge in [-0.25, -0.2) is 8.78 Å². The molecule has 6 nitrogen and oxygen atoms in total. The van der Waals surface area contributed by atoms with Gasteiger partial charge in [0.05, 0.1) is 17.4 Å². The predicted octanol–water partition coefficient (Wildman–Crippen LogP) is 5.87. The fraction of sp³-hybridized carbons (Fsp3) is 0.429. The Morgan fingerprint density at radius 3 is 2.58 bits per heavy atom. The third-order valence-corrected chi connectivity index (χ3v) is 8.98. The van der Waals surface area contributed by atoms with Crippen LogP contribution in [0.15, 0.2) is 76.5 Å². The molecule has 3 aromatic rings. The molecular weight excluding hydrogens is 458 g/mol. The number of rotatable bonds is 4. The van der Waals surface area contributed by atoms with Crippen LogP contribution in [-0.2, 0) is 11.0 Å². The van der Waals surface area contributed by atoms with Crippen molar-refractivity contribution >= 4 is 0 Å². The van der Waals surface area contributed by atoms with Gasteiger partial charge in [0.25, 0.3) is 5.69 Å². The van der Waals surface area contributed by atoms with E-state index in [1.807, 2.05) is 31.3 Å². The van der Waals surface area contributed by atoms with Crippen LogP contribution < -0.4 is 9.13 Å². The smallest absolute Gasteiger partial charge is 0.207 e. The quantitative estimate of drug-likeness (QED) is 0.412. The van der Waals surface area contributed by atoms with E-state index in [4.69, 9.17) is 0 Å². The van der Waals surface area contributed by atoms with Crippen molar-refractivity contribution in [3.8, 4) is 11.3 Å². The summed E-state index contributed by atoms with van der Waals surface area (Å²) in [4.78, 5) is 0. The van der Waals surface area contributed by atoms with Crippen molar-refractivity contribution in [3.63, 3.8) is 0 Å². The molecule has 1 aliphatic carbocycles. The second-order valence-electron chi connectivity index (χ2n) is 10.3. The van der Waals surface area contributed by atoms with Gasteiger partial charge in [-0.1, -0.05) is 13.8 Å². The highest BCUT2D eigenvalue weighted by Crippen LogP contribution is 2.58. The zero-order chi connectivity index (χ0) is 25.1. The van der Waals surface area contributed by atoms with E-state index in [1.165, 1.54) is 0 Å². The summed E-state index contributed by atoms with van der Waals surface area (Å²) < 4.78 is 36.6. The molecule has 36 heavy (non-hydrogen) atoms. The van der Waals surface area contributed by atoms with Crippen molar-refractivity contribution in [2.45, 2.75) is 69.1 Å². The Labute approximate surface area is 209 Å². The normalized spacial score (nSPS) is 28.3. The van der Waals surface area contributed by atoms with E-state index >= 15 is 4.39 Å². The maximum absolute atomic E-state index is 15.4. The molecule has 0 saturated heterocycles. The summed E-state index contributed by atoms with van der Waals surface area (Å²) in [6.07, 6.45) is 8.14. The molecule has 1 aromatic carbocycles. The van der Waals surface area contributed by atoms with Crippen molar-refractivity contribution in [1.29, 1.82) is 0 Å². The summed E-state index contributed by atoms with van der Waals surface area (Å²) in [7, 11) is 1.88. The number of aromatic nitrogens is 2. The Balaban J connectivity index is 1.56. The molecule has 4 atom stereocenters. The van der Waals surface area contributed by atoms with E-state index in [9.17, 15) is 4.39 Å². The van der Waals surface area contributed by atoms with Crippen molar-refractivity contribution in [3.05, 3.63) is 83.8 Å². The third-order valence-electron chi connectivity index (χ3n) is 8.98. The van der Waals surface area contributed by atoms with E-state index in [1.54, 1.807) is 10.8 Å². The first-order chi connectivity index (χ1) is 17.5. The minimum atomic E-state index is -0.506. The Hall–Kier alpha value is -3.42. The Morgan fingerprint density at radius 1 is 1.03 bits per heavy atom. The van der Waals surface area contributed by atoms with Gasteiger partial charge >= 0.3 is 6.17 Å². The number of nitrogens with zero attached hydrogens (tertiary/aromatic N) is 6. The van der Waals surface area contributed by atoms with Gasteiger partial charge in [-0.2, -0.15) is 9.13 Å². The molecule has 6 rings (SSSR count). The van der Waals surface area contributed by atoms with E-state index in [0.29, 0.717) is 5.56 Å². The molecule has 184 valence electrons. The summed E-state index contributed by atoms with van der Waals surface area (Å²) in [6, 6.07) is 14.9. The Kier molecular flexibility index (Phi) is 5.32. The summed E-state index contributed by atoms with van der Waals surface area (Å²) in [5, 5.41) is 12.3. The van der Waals surface area contributed by atoms with Crippen molar-refractivity contribution < 1.29 is 22.6 Å². The number of fused-ring (bicyclic) bond motifs is 6. The van der Waals surface area contributed by atoms with E-state index in [2.05, 4.69) is 63.1 Å². The summed E-state index contributed by atoms with van der Waals surface area (Å²) in [5.74, 6) is -0.989. The molecule has 0 radical (unpaired) electrons. The molecule has 2 aromatic heterocycles. The van der Waals surface area contributed by atoms with Gasteiger partial charge in [0.2, 0.25) is 10.9 Å².